The summed E-state index contributed by atoms with van der Waals surface area (Å²) in [6.07, 6.45) is 2.02. The fraction of sp³-hybridized carbons (Fsp3) is 0.333. The second kappa shape index (κ2) is 5.29. The van der Waals surface area contributed by atoms with Gasteiger partial charge < -0.3 is 9.84 Å². The molecule has 90 valence electrons. The van der Waals surface area contributed by atoms with Gasteiger partial charge in [0.25, 0.3) is 0 Å². The van der Waals surface area contributed by atoms with Crippen LogP contribution in [-0.2, 0) is 6.42 Å². The van der Waals surface area contributed by atoms with Crippen LogP contribution < -0.4 is 5.32 Å². The molecule has 2 aromatic rings. The van der Waals surface area contributed by atoms with E-state index in [1.54, 1.807) is 6.92 Å². The predicted octanol–water partition coefficient (Wildman–Crippen LogP) is 2.13. The minimum absolute atomic E-state index is 0.144. The van der Waals surface area contributed by atoms with Crippen LogP contribution in [0.5, 0.6) is 0 Å². The van der Waals surface area contributed by atoms with E-state index in [1.807, 2.05) is 0 Å². The number of aryl methyl sites for hydroxylation is 1. The number of anilines is 1. The first kappa shape index (κ1) is 12.1. The second-order valence-electron chi connectivity index (χ2n) is 3.25. The molecule has 0 spiro atoms. The summed E-state index contributed by atoms with van der Waals surface area (Å²) >= 11 is 11.5. The molecule has 0 radical (unpaired) electrons. The van der Waals surface area contributed by atoms with E-state index in [-0.39, 0.29) is 5.28 Å². The lowest BCUT2D eigenvalue weighted by atomic mass is 10.4. The van der Waals surface area contributed by atoms with Crippen LogP contribution in [0.1, 0.15) is 11.7 Å². The SMILES string of the molecule is Cc1noc(CCNc2nc(Cl)ncc2Cl)n1. The minimum Gasteiger partial charge on any atom is -0.368 e. The van der Waals surface area contributed by atoms with Gasteiger partial charge in [-0.1, -0.05) is 16.8 Å². The highest BCUT2D eigenvalue weighted by Gasteiger charge is 2.05. The Morgan fingerprint density at radius 2 is 2.18 bits per heavy atom. The third kappa shape index (κ3) is 3.28. The molecular weight excluding hydrogens is 265 g/mol. The fourth-order valence-electron chi connectivity index (χ4n) is 1.20. The van der Waals surface area contributed by atoms with E-state index in [2.05, 4.69) is 25.4 Å². The minimum atomic E-state index is 0.144. The largest absolute Gasteiger partial charge is 0.368 e. The molecule has 8 heteroatoms. The maximum atomic E-state index is 5.88. The van der Waals surface area contributed by atoms with Gasteiger partial charge in [0.05, 0.1) is 6.20 Å². The Morgan fingerprint density at radius 3 is 2.88 bits per heavy atom. The molecule has 0 bridgehead atoms. The van der Waals surface area contributed by atoms with Gasteiger partial charge in [0.2, 0.25) is 11.2 Å². The maximum Gasteiger partial charge on any atom is 0.228 e. The highest BCUT2D eigenvalue weighted by atomic mass is 35.5. The van der Waals surface area contributed by atoms with Gasteiger partial charge >= 0.3 is 0 Å². The fourth-order valence-corrected chi connectivity index (χ4v) is 1.49. The molecule has 0 unspecified atom stereocenters. The number of aromatic nitrogens is 4. The molecule has 1 N–H and O–H groups in total. The van der Waals surface area contributed by atoms with Gasteiger partial charge in [0.15, 0.2) is 5.82 Å². The van der Waals surface area contributed by atoms with Gasteiger partial charge in [-0.15, -0.1) is 0 Å². The number of nitrogens with zero attached hydrogens (tertiary/aromatic N) is 4. The summed E-state index contributed by atoms with van der Waals surface area (Å²) in [7, 11) is 0. The molecule has 6 nitrogen and oxygen atoms in total. The van der Waals surface area contributed by atoms with E-state index in [9.17, 15) is 0 Å². The summed E-state index contributed by atoms with van der Waals surface area (Å²) in [4.78, 5) is 11.8. The third-order valence-electron chi connectivity index (χ3n) is 1.92. The van der Waals surface area contributed by atoms with Crippen LogP contribution in [-0.4, -0.2) is 26.7 Å². The van der Waals surface area contributed by atoms with Crippen LogP contribution in [0.4, 0.5) is 5.82 Å². The van der Waals surface area contributed by atoms with Gasteiger partial charge in [-0.25, -0.2) is 4.98 Å². The van der Waals surface area contributed by atoms with Gasteiger partial charge in [0.1, 0.15) is 10.8 Å². The lowest BCUT2D eigenvalue weighted by Crippen LogP contribution is -2.07. The van der Waals surface area contributed by atoms with Crippen molar-refractivity contribution >= 4 is 29.0 Å². The van der Waals surface area contributed by atoms with E-state index in [1.165, 1.54) is 6.20 Å². The lowest BCUT2D eigenvalue weighted by molar-refractivity contribution is 0.377. The van der Waals surface area contributed by atoms with Crippen molar-refractivity contribution in [1.82, 2.24) is 20.1 Å². The van der Waals surface area contributed by atoms with Crippen molar-refractivity contribution in [3.05, 3.63) is 28.2 Å². The molecule has 2 heterocycles. The summed E-state index contributed by atoms with van der Waals surface area (Å²) in [6.45, 7) is 2.33. The molecule has 0 amide bonds. The third-order valence-corrected chi connectivity index (χ3v) is 2.37. The van der Waals surface area contributed by atoms with E-state index in [0.717, 1.165) is 0 Å². The molecule has 0 aromatic carbocycles. The van der Waals surface area contributed by atoms with Crippen LogP contribution in [0.15, 0.2) is 10.7 Å². The molecule has 0 aliphatic rings. The molecule has 17 heavy (non-hydrogen) atoms. The highest BCUT2D eigenvalue weighted by Crippen LogP contribution is 2.19. The summed E-state index contributed by atoms with van der Waals surface area (Å²) in [5, 5.41) is 7.26. The van der Waals surface area contributed by atoms with Crippen LogP contribution in [0, 0.1) is 6.92 Å². The molecule has 0 saturated heterocycles. The average Bonchev–Trinajstić information content (AvgIpc) is 2.69. The topological polar surface area (TPSA) is 76.7 Å². The van der Waals surface area contributed by atoms with E-state index in [4.69, 9.17) is 27.7 Å². The monoisotopic (exact) mass is 273 g/mol. The first-order valence-electron chi connectivity index (χ1n) is 4.86. The smallest absolute Gasteiger partial charge is 0.228 e. The van der Waals surface area contributed by atoms with Crippen molar-refractivity contribution in [3.63, 3.8) is 0 Å². The molecule has 2 rings (SSSR count). The van der Waals surface area contributed by atoms with Crippen molar-refractivity contribution in [2.45, 2.75) is 13.3 Å². The Balaban J connectivity index is 1.91. The van der Waals surface area contributed by atoms with Gasteiger partial charge in [-0.3, -0.25) is 0 Å². The number of nitrogens with one attached hydrogen (secondary N) is 1. The molecular formula is C9H9Cl2N5O. The normalized spacial score (nSPS) is 10.5. The first-order chi connectivity index (χ1) is 8.15. The van der Waals surface area contributed by atoms with Crippen molar-refractivity contribution in [2.75, 3.05) is 11.9 Å². The van der Waals surface area contributed by atoms with Gasteiger partial charge in [-0.05, 0) is 18.5 Å². The van der Waals surface area contributed by atoms with Crippen LogP contribution in [0.2, 0.25) is 10.3 Å². The molecule has 0 atom stereocenters. The van der Waals surface area contributed by atoms with Crippen LogP contribution in [0.25, 0.3) is 0 Å². The summed E-state index contributed by atoms with van der Waals surface area (Å²) < 4.78 is 4.96. The predicted molar refractivity (Wildman–Crippen MR) is 63.3 cm³/mol. The van der Waals surface area contributed by atoms with Crippen molar-refractivity contribution < 1.29 is 4.52 Å². The Hall–Kier alpha value is -1.40. The van der Waals surface area contributed by atoms with Gasteiger partial charge in [0, 0.05) is 13.0 Å². The van der Waals surface area contributed by atoms with Crippen LogP contribution in [0.3, 0.4) is 0 Å². The zero-order valence-electron chi connectivity index (χ0n) is 8.94. The summed E-state index contributed by atoms with van der Waals surface area (Å²) in [5.74, 6) is 1.66. The Bertz CT molecular complexity index is 516. The van der Waals surface area contributed by atoms with Gasteiger partial charge in [-0.2, -0.15) is 9.97 Å². The molecule has 0 fully saturated rings. The molecule has 0 saturated carbocycles. The quantitative estimate of drug-likeness (QED) is 0.860. The van der Waals surface area contributed by atoms with E-state index in [0.29, 0.717) is 35.5 Å². The summed E-state index contributed by atoms with van der Waals surface area (Å²) in [6, 6.07) is 0. The highest BCUT2D eigenvalue weighted by molar-refractivity contribution is 6.33. The lowest BCUT2D eigenvalue weighted by Gasteiger charge is -2.05. The summed E-state index contributed by atoms with van der Waals surface area (Å²) in [5.41, 5.74) is 0. The van der Waals surface area contributed by atoms with E-state index >= 15 is 0 Å². The number of hydrogen-bond donors (Lipinski definition) is 1. The molecule has 2 aromatic heterocycles. The second-order valence-corrected chi connectivity index (χ2v) is 3.99. The van der Waals surface area contributed by atoms with Crippen LogP contribution >= 0.6 is 23.2 Å². The molecule has 0 aliphatic heterocycles. The number of hydrogen-bond acceptors (Lipinski definition) is 6. The number of halogens is 2. The van der Waals surface area contributed by atoms with Crippen molar-refractivity contribution in [1.29, 1.82) is 0 Å². The Kier molecular flexibility index (Phi) is 3.75. The standard InChI is InChI=1S/C9H9Cl2N5O/c1-5-14-7(17-16-5)2-3-12-8-6(10)4-13-9(11)15-8/h4H,2-3H2,1H3,(H,12,13,15). The number of rotatable bonds is 4. The van der Waals surface area contributed by atoms with Crippen molar-refractivity contribution in [2.24, 2.45) is 0 Å². The van der Waals surface area contributed by atoms with E-state index < -0.39 is 0 Å². The maximum absolute atomic E-state index is 5.88. The van der Waals surface area contributed by atoms with Crippen molar-refractivity contribution in [3.8, 4) is 0 Å². The first-order valence-corrected chi connectivity index (χ1v) is 5.62. The Morgan fingerprint density at radius 1 is 1.35 bits per heavy atom. The zero-order chi connectivity index (χ0) is 12.3. The Labute approximate surface area is 107 Å². The average molecular weight is 274 g/mol. The molecule has 0 aliphatic carbocycles. The zero-order valence-corrected chi connectivity index (χ0v) is 10.5.